The molecule has 158 valence electrons. The summed E-state index contributed by atoms with van der Waals surface area (Å²) in [5, 5.41) is 18.2. The molecule has 0 fully saturated rings. The highest BCUT2D eigenvalue weighted by atomic mass is 16.6. The summed E-state index contributed by atoms with van der Waals surface area (Å²) in [5.74, 6) is 0.267. The highest BCUT2D eigenvalue weighted by Crippen LogP contribution is 2.23. The number of carbonyl (C=O) groups is 1. The predicted molar refractivity (Wildman–Crippen MR) is 110 cm³/mol. The lowest BCUT2D eigenvalue weighted by Gasteiger charge is -2.13. The summed E-state index contributed by atoms with van der Waals surface area (Å²) in [4.78, 5) is 26.7. The summed E-state index contributed by atoms with van der Waals surface area (Å²) in [6, 6.07) is 7.31. The number of aryl methyl sites for hydroxylation is 2. The topological polar surface area (TPSA) is 117 Å². The first-order valence-electron chi connectivity index (χ1n) is 9.60. The van der Waals surface area contributed by atoms with Gasteiger partial charge in [-0.3, -0.25) is 9.48 Å². The van der Waals surface area contributed by atoms with Gasteiger partial charge in [0.05, 0.1) is 18.8 Å². The van der Waals surface area contributed by atoms with E-state index < -0.39 is 4.92 Å². The van der Waals surface area contributed by atoms with E-state index in [2.05, 4.69) is 15.4 Å². The van der Waals surface area contributed by atoms with Crippen molar-refractivity contribution in [3.63, 3.8) is 0 Å². The fraction of sp³-hybridized carbons (Fsp3) is 0.350. The molecule has 2 aromatic heterocycles. The van der Waals surface area contributed by atoms with Crippen molar-refractivity contribution in [1.29, 1.82) is 0 Å². The van der Waals surface area contributed by atoms with Gasteiger partial charge in [0.15, 0.2) is 0 Å². The number of nitro groups is 1. The van der Waals surface area contributed by atoms with E-state index in [-0.39, 0.29) is 11.9 Å². The molecule has 0 unspecified atom stereocenters. The zero-order chi connectivity index (χ0) is 21.7. The summed E-state index contributed by atoms with van der Waals surface area (Å²) >= 11 is 0. The largest absolute Gasteiger partial charge is 0.491 e. The number of amides is 1. The average Bonchev–Trinajstić information content (AvgIpc) is 3.33. The molecular formula is C20H24N6O4. The number of nitrogens with one attached hydrogen (secondary N) is 1. The Bertz CT molecular complexity index is 1060. The summed E-state index contributed by atoms with van der Waals surface area (Å²) < 4.78 is 8.97. The van der Waals surface area contributed by atoms with Crippen LogP contribution in [0.15, 0.2) is 36.7 Å². The Morgan fingerprint density at radius 1 is 1.33 bits per heavy atom. The molecule has 3 rings (SSSR count). The first-order chi connectivity index (χ1) is 14.4. The Labute approximate surface area is 173 Å². The maximum Gasteiger partial charge on any atom is 0.434 e. The zero-order valence-electron chi connectivity index (χ0n) is 17.2. The van der Waals surface area contributed by atoms with Gasteiger partial charge in [0.25, 0.3) is 5.91 Å². The molecule has 10 nitrogen and oxygen atoms in total. The maximum atomic E-state index is 12.3. The van der Waals surface area contributed by atoms with Crippen molar-refractivity contribution in [3.05, 3.63) is 69.3 Å². The molecule has 0 atom stereocenters. The third-order valence-electron chi connectivity index (χ3n) is 4.67. The van der Waals surface area contributed by atoms with Crippen LogP contribution in [-0.2, 0) is 13.1 Å². The lowest BCUT2D eigenvalue weighted by molar-refractivity contribution is -0.396. The quantitative estimate of drug-likeness (QED) is 0.328. The summed E-state index contributed by atoms with van der Waals surface area (Å²) in [6.07, 6.45) is 2.98. The number of ether oxygens (including phenoxy) is 1. The van der Waals surface area contributed by atoms with Crippen LogP contribution in [-0.4, -0.2) is 43.3 Å². The van der Waals surface area contributed by atoms with Gasteiger partial charge in [0.2, 0.25) is 0 Å². The smallest absolute Gasteiger partial charge is 0.434 e. The first kappa shape index (κ1) is 21.0. The Hall–Kier alpha value is -3.69. The zero-order valence-corrected chi connectivity index (χ0v) is 17.2. The van der Waals surface area contributed by atoms with E-state index in [1.807, 2.05) is 39.0 Å². The van der Waals surface area contributed by atoms with Crippen molar-refractivity contribution in [1.82, 2.24) is 24.6 Å². The molecule has 0 saturated carbocycles. The minimum Gasteiger partial charge on any atom is -0.491 e. The van der Waals surface area contributed by atoms with Gasteiger partial charge in [-0.15, -0.1) is 0 Å². The van der Waals surface area contributed by atoms with Crippen LogP contribution in [0.25, 0.3) is 0 Å². The summed E-state index contributed by atoms with van der Waals surface area (Å²) in [7, 11) is 0. The number of benzene rings is 1. The number of aromatic nitrogens is 4. The van der Waals surface area contributed by atoms with Crippen molar-refractivity contribution in [2.75, 3.05) is 13.2 Å². The van der Waals surface area contributed by atoms with Gasteiger partial charge in [-0.05, 0) is 49.0 Å². The van der Waals surface area contributed by atoms with Crippen molar-refractivity contribution >= 4 is 11.9 Å². The molecule has 2 heterocycles. The van der Waals surface area contributed by atoms with E-state index in [0.717, 1.165) is 16.8 Å². The molecule has 0 bridgehead atoms. The van der Waals surface area contributed by atoms with Crippen LogP contribution in [0.5, 0.6) is 5.75 Å². The number of imidazole rings is 1. The SMILES string of the molecule is CCn1nc(C)cc1C(=O)NCCOc1cccc(Cn2ccnc2[N+](=O)[O-])c1C. The average molecular weight is 412 g/mol. The fourth-order valence-electron chi connectivity index (χ4n) is 3.15. The van der Waals surface area contributed by atoms with Crippen LogP contribution in [0.4, 0.5) is 5.95 Å². The van der Waals surface area contributed by atoms with Crippen LogP contribution in [0, 0.1) is 24.0 Å². The predicted octanol–water partition coefficient (Wildman–Crippen LogP) is 2.48. The second kappa shape index (κ2) is 9.21. The van der Waals surface area contributed by atoms with E-state index in [9.17, 15) is 14.9 Å². The third-order valence-corrected chi connectivity index (χ3v) is 4.67. The van der Waals surface area contributed by atoms with Crippen LogP contribution in [0.3, 0.4) is 0 Å². The van der Waals surface area contributed by atoms with Crippen LogP contribution >= 0.6 is 0 Å². The van der Waals surface area contributed by atoms with Gasteiger partial charge in [0.1, 0.15) is 30.4 Å². The number of rotatable bonds is 9. The minimum atomic E-state index is -0.510. The highest BCUT2D eigenvalue weighted by molar-refractivity contribution is 5.92. The lowest BCUT2D eigenvalue weighted by Crippen LogP contribution is -2.30. The monoisotopic (exact) mass is 412 g/mol. The number of hydrogen-bond donors (Lipinski definition) is 1. The van der Waals surface area contributed by atoms with Crippen molar-refractivity contribution in [2.45, 2.75) is 33.9 Å². The molecule has 0 radical (unpaired) electrons. The van der Waals surface area contributed by atoms with Crippen LogP contribution < -0.4 is 10.1 Å². The van der Waals surface area contributed by atoms with Gasteiger partial charge >= 0.3 is 5.95 Å². The van der Waals surface area contributed by atoms with E-state index >= 15 is 0 Å². The Morgan fingerprint density at radius 2 is 2.13 bits per heavy atom. The minimum absolute atomic E-state index is 0.195. The second-order valence-corrected chi connectivity index (χ2v) is 6.74. The molecule has 10 heteroatoms. The number of carbonyl (C=O) groups excluding carboxylic acids is 1. The second-order valence-electron chi connectivity index (χ2n) is 6.74. The van der Waals surface area contributed by atoms with Gasteiger partial charge in [-0.2, -0.15) is 5.10 Å². The third kappa shape index (κ3) is 4.65. The molecule has 0 spiro atoms. The molecule has 1 N–H and O–H groups in total. The first-order valence-corrected chi connectivity index (χ1v) is 9.60. The lowest BCUT2D eigenvalue weighted by atomic mass is 10.1. The molecule has 30 heavy (non-hydrogen) atoms. The van der Waals surface area contributed by atoms with E-state index in [0.29, 0.717) is 37.7 Å². The van der Waals surface area contributed by atoms with Crippen molar-refractivity contribution < 1.29 is 14.5 Å². The number of nitrogens with zero attached hydrogens (tertiary/aromatic N) is 5. The van der Waals surface area contributed by atoms with Crippen molar-refractivity contribution in [2.24, 2.45) is 0 Å². The van der Waals surface area contributed by atoms with Gasteiger partial charge in [-0.1, -0.05) is 17.1 Å². The van der Waals surface area contributed by atoms with E-state index in [4.69, 9.17) is 4.74 Å². The molecule has 1 aromatic carbocycles. The standard InChI is InChI=1S/C20H24N6O4/c1-4-25-17(12-14(2)23-25)19(27)21-9-11-30-18-7-5-6-16(15(18)3)13-24-10-8-22-20(24)26(28)29/h5-8,10,12H,4,9,11,13H2,1-3H3,(H,21,27). The summed E-state index contributed by atoms with van der Waals surface area (Å²) in [5.41, 5.74) is 3.09. The molecule has 0 aliphatic rings. The molecule has 1 amide bonds. The molecule has 0 aliphatic heterocycles. The fourth-order valence-corrected chi connectivity index (χ4v) is 3.15. The van der Waals surface area contributed by atoms with E-state index in [1.54, 1.807) is 16.9 Å². The van der Waals surface area contributed by atoms with Crippen LogP contribution in [0.1, 0.15) is 34.2 Å². The Kier molecular flexibility index (Phi) is 6.45. The molecular weight excluding hydrogens is 388 g/mol. The van der Waals surface area contributed by atoms with E-state index in [1.165, 1.54) is 10.8 Å². The molecule has 0 aliphatic carbocycles. The molecule has 3 aromatic rings. The normalized spacial score (nSPS) is 10.8. The van der Waals surface area contributed by atoms with Crippen LogP contribution in [0.2, 0.25) is 0 Å². The van der Waals surface area contributed by atoms with Gasteiger partial charge in [-0.25, -0.2) is 4.57 Å². The Morgan fingerprint density at radius 3 is 2.87 bits per heavy atom. The highest BCUT2D eigenvalue weighted by Gasteiger charge is 2.16. The molecule has 0 saturated heterocycles. The Balaban J connectivity index is 1.58. The van der Waals surface area contributed by atoms with Gasteiger partial charge in [0, 0.05) is 6.54 Å². The summed E-state index contributed by atoms with van der Waals surface area (Å²) in [6.45, 7) is 7.24. The van der Waals surface area contributed by atoms with Gasteiger partial charge < -0.3 is 20.2 Å². The van der Waals surface area contributed by atoms with Crippen molar-refractivity contribution in [3.8, 4) is 5.75 Å². The maximum absolute atomic E-state index is 12.3. The number of hydrogen-bond acceptors (Lipinski definition) is 6.